The molecule has 98 valence electrons. The van der Waals surface area contributed by atoms with Gasteiger partial charge < -0.3 is 5.32 Å². The van der Waals surface area contributed by atoms with Crippen LogP contribution in [0.1, 0.15) is 18.4 Å². The molecule has 0 aliphatic heterocycles. The standard InChI is InChI=1S/C18H21N/c1(5-11-17-12-6-3-7-13-17)2-10-16-19-18-14-8-4-9-15-18/h2-4,6-10,12-15,19H,1,5,11,16H2/b10-2+. The minimum absolute atomic E-state index is 0.898. The predicted molar refractivity (Wildman–Crippen MR) is 83.5 cm³/mol. The molecular weight excluding hydrogens is 230 g/mol. The van der Waals surface area contributed by atoms with Crippen LogP contribution < -0.4 is 5.32 Å². The SMILES string of the molecule is C(=C\CNc1ccccc1)/CCCc1ccccc1. The number of hydrogen-bond donors (Lipinski definition) is 1. The van der Waals surface area contributed by atoms with Gasteiger partial charge in [0.15, 0.2) is 0 Å². The second-order valence-electron chi connectivity index (χ2n) is 4.60. The van der Waals surface area contributed by atoms with Crippen LogP contribution in [0.2, 0.25) is 0 Å². The summed E-state index contributed by atoms with van der Waals surface area (Å²) in [6, 6.07) is 21.0. The highest BCUT2D eigenvalue weighted by Crippen LogP contribution is 2.06. The average Bonchev–Trinajstić information content (AvgIpc) is 2.48. The molecule has 0 amide bonds. The van der Waals surface area contributed by atoms with Crippen LogP contribution in [0, 0.1) is 0 Å². The van der Waals surface area contributed by atoms with Crippen molar-refractivity contribution >= 4 is 5.69 Å². The number of rotatable bonds is 7. The fourth-order valence-electron chi connectivity index (χ4n) is 2.00. The van der Waals surface area contributed by atoms with E-state index in [0.29, 0.717) is 0 Å². The first-order chi connectivity index (χ1) is 9.45. The fraction of sp³-hybridized carbons (Fsp3) is 0.222. The van der Waals surface area contributed by atoms with Crippen molar-refractivity contribution in [3.05, 3.63) is 78.4 Å². The second-order valence-corrected chi connectivity index (χ2v) is 4.60. The smallest absolute Gasteiger partial charge is 0.0342 e. The molecule has 0 bridgehead atoms. The number of allylic oxidation sites excluding steroid dienone is 1. The highest BCUT2D eigenvalue weighted by Gasteiger charge is 1.90. The van der Waals surface area contributed by atoms with E-state index in [9.17, 15) is 0 Å². The van der Waals surface area contributed by atoms with Crippen molar-refractivity contribution in [3.8, 4) is 0 Å². The molecule has 0 heterocycles. The molecule has 1 N–H and O–H groups in total. The molecule has 0 radical (unpaired) electrons. The van der Waals surface area contributed by atoms with Crippen molar-refractivity contribution in [1.29, 1.82) is 0 Å². The minimum atomic E-state index is 0.898. The molecular formula is C18H21N. The summed E-state index contributed by atoms with van der Waals surface area (Å²) < 4.78 is 0. The van der Waals surface area contributed by atoms with Crippen molar-refractivity contribution in [2.75, 3.05) is 11.9 Å². The predicted octanol–water partition coefficient (Wildman–Crippen LogP) is 4.68. The Morgan fingerprint density at radius 2 is 1.47 bits per heavy atom. The number of para-hydroxylation sites is 1. The van der Waals surface area contributed by atoms with Crippen LogP contribution in [0.3, 0.4) is 0 Å². The monoisotopic (exact) mass is 251 g/mol. The molecule has 0 spiro atoms. The zero-order chi connectivity index (χ0) is 13.2. The van der Waals surface area contributed by atoms with Crippen LogP contribution in [-0.2, 0) is 6.42 Å². The quantitative estimate of drug-likeness (QED) is 0.556. The Kier molecular flexibility index (Phi) is 5.75. The van der Waals surface area contributed by atoms with Gasteiger partial charge in [-0.3, -0.25) is 0 Å². The molecule has 0 saturated carbocycles. The largest absolute Gasteiger partial charge is 0.382 e. The number of aryl methyl sites for hydroxylation is 1. The van der Waals surface area contributed by atoms with Gasteiger partial charge in [0.25, 0.3) is 0 Å². The van der Waals surface area contributed by atoms with Gasteiger partial charge in [-0.05, 0) is 37.0 Å². The van der Waals surface area contributed by atoms with Crippen LogP contribution in [-0.4, -0.2) is 6.54 Å². The summed E-state index contributed by atoms with van der Waals surface area (Å²) in [5, 5.41) is 3.37. The molecule has 0 saturated heterocycles. The van der Waals surface area contributed by atoms with E-state index in [1.165, 1.54) is 17.7 Å². The zero-order valence-corrected chi connectivity index (χ0v) is 11.3. The van der Waals surface area contributed by atoms with Crippen LogP contribution >= 0.6 is 0 Å². The minimum Gasteiger partial charge on any atom is -0.382 e. The Balaban J connectivity index is 1.57. The fourth-order valence-corrected chi connectivity index (χ4v) is 2.00. The van der Waals surface area contributed by atoms with Gasteiger partial charge in [-0.15, -0.1) is 0 Å². The van der Waals surface area contributed by atoms with Gasteiger partial charge in [0.1, 0.15) is 0 Å². The van der Waals surface area contributed by atoms with Crippen molar-refractivity contribution in [2.24, 2.45) is 0 Å². The van der Waals surface area contributed by atoms with E-state index >= 15 is 0 Å². The molecule has 0 atom stereocenters. The highest BCUT2D eigenvalue weighted by molar-refractivity contribution is 5.42. The Morgan fingerprint density at radius 1 is 0.789 bits per heavy atom. The highest BCUT2D eigenvalue weighted by atomic mass is 14.8. The first kappa shape index (κ1) is 13.4. The number of benzene rings is 2. The Hall–Kier alpha value is -2.02. The lowest BCUT2D eigenvalue weighted by Gasteiger charge is -2.01. The third-order valence-electron chi connectivity index (χ3n) is 3.04. The molecule has 2 rings (SSSR count). The Morgan fingerprint density at radius 3 is 2.21 bits per heavy atom. The van der Waals surface area contributed by atoms with Crippen LogP contribution in [0.5, 0.6) is 0 Å². The summed E-state index contributed by atoms with van der Waals surface area (Å²) in [6.45, 7) is 0.898. The van der Waals surface area contributed by atoms with E-state index in [-0.39, 0.29) is 0 Å². The number of unbranched alkanes of at least 4 members (excludes halogenated alkanes) is 1. The molecule has 1 heteroatoms. The van der Waals surface area contributed by atoms with Gasteiger partial charge in [-0.25, -0.2) is 0 Å². The molecule has 1 nitrogen and oxygen atoms in total. The van der Waals surface area contributed by atoms with E-state index in [0.717, 1.165) is 19.4 Å². The van der Waals surface area contributed by atoms with E-state index in [1.807, 2.05) is 18.2 Å². The average molecular weight is 251 g/mol. The number of anilines is 1. The van der Waals surface area contributed by atoms with Gasteiger partial charge in [0.2, 0.25) is 0 Å². The summed E-state index contributed by atoms with van der Waals surface area (Å²) in [6.07, 6.45) is 7.99. The maximum atomic E-state index is 3.37. The topological polar surface area (TPSA) is 12.0 Å². The Labute approximate surface area is 116 Å². The maximum absolute atomic E-state index is 3.37. The molecule has 2 aromatic rings. The van der Waals surface area contributed by atoms with Gasteiger partial charge in [-0.2, -0.15) is 0 Å². The summed E-state index contributed by atoms with van der Waals surface area (Å²) >= 11 is 0. The van der Waals surface area contributed by atoms with Crippen molar-refractivity contribution in [2.45, 2.75) is 19.3 Å². The maximum Gasteiger partial charge on any atom is 0.0342 e. The van der Waals surface area contributed by atoms with Gasteiger partial charge in [-0.1, -0.05) is 60.7 Å². The van der Waals surface area contributed by atoms with Crippen molar-refractivity contribution in [3.63, 3.8) is 0 Å². The molecule has 0 unspecified atom stereocenters. The van der Waals surface area contributed by atoms with Gasteiger partial charge in [0, 0.05) is 12.2 Å². The Bertz CT molecular complexity index is 474. The zero-order valence-electron chi connectivity index (χ0n) is 11.3. The molecule has 0 aromatic heterocycles. The van der Waals surface area contributed by atoms with E-state index < -0.39 is 0 Å². The second kappa shape index (κ2) is 8.15. The van der Waals surface area contributed by atoms with Gasteiger partial charge >= 0.3 is 0 Å². The van der Waals surface area contributed by atoms with E-state index in [1.54, 1.807) is 0 Å². The molecule has 0 aliphatic carbocycles. The van der Waals surface area contributed by atoms with E-state index in [4.69, 9.17) is 0 Å². The third-order valence-corrected chi connectivity index (χ3v) is 3.04. The lowest BCUT2D eigenvalue weighted by Crippen LogP contribution is -1.97. The lowest BCUT2D eigenvalue weighted by atomic mass is 10.1. The van der Waals surface area contributed by atoms with Crippen molar-refractivity contribution in [1.82, 2.24) is 0 Å². The molecule has 0 aliphatic rings. The normalized spacial score (nSPS) is 10.7. The van der Waals surface area contributed by atoms with Crippen LogP contribution in [0.15, 0.2) is 72.8 Å². The molecule has 0 fully saturated rings. The van der Waals surface area contributed by atoms with Gasteiger partial charge in [0.05, 0.1) is 0 Å². The summed E-state index contributed by atoms with van der Waals surface area (Å²) in [4.78, 5) is 0. The number of hydrogen-bond acceptors (Lipinski definition) is 1. The van der Waals surface area contributed by atoms with Crippen LogP contribution in [0.4, 0.5) is 5.69 Å². The van der Waals surface area contributed by atoms with Crippen molar-refractivity contribution < 1.29 is 0 Å². The van der Waals surface area contributed by atoms with E-state index in [2.05, 4.69) is 59.9 Å². The number of nitrogens with one attached hydrogen (secondary N) is 1. The third kappa shape index (κ3) is 5.43. The molecule has 19 heavy (non-hydrogen) atoms. The first-order valence-electron chi connectivity index (χ1n) is 6.93. The first-order valence-corrected chi connectivity index (χ1v) is 6.93. The lowest BCUT2D eigenvalue weighted by molar-refractivity contribution is 0.841. The summed E-state index contributed by atoms with van der Waals surface area (Å²) in [5.41, 5.74) is 2.61. The molecule has 2 aromatic carbocycles. The summed E-state index contributed by atoms with van der Waals surface area (Å²) in [5.74, 6) is 0. The van der Waals surface area contributed by atoms with Crippen LogP contribution in [0.25, 0.3) is 0 Å². The summed E-state index contributed by atoms with van der Waals surface area (Å²) in [7, 11) is 0.